The zero-order valence-electron chi connectivity index (χ0n) is 19.0. The molecule has 0 bridgehead atoms. The van der Waals surface area contributed by atoms with Crippen molar-refractivity contribution < 1.29 is 4.74 Å². The van der Waals surface area contributed by atoms with E-state index in [0.29, 0.717) is 17.5 Å². The van der Waals surface area contributed by atoms with Gasteiger partial charge < -0.3 is 15.4 Å². The number of hydrogen-bond donors (Lipinski definition) is 2. The van der Waals surface area contributed by atoms with Gasteiger partial charge in [-0.2, -0.15) is 0 Å². The van der Waals surface area contributed by atoms with Crippen LogP contribution < -0.4 is 15.4 Å². The van der Waals surface area contributed by atoms with Gasteiger partial charge in [-0.3, -0.25) is 4.98 Å². The molecule has 4 aromatic rings. The van der Waals surface area contributed by atoms with Crippen molar-refractivity contribution in [2.45, 2.75) is 29.9 Å². The molecule has 0 aliphatic carbocycles. The van der Waals surface area contributed by atoms with Gasteiger partial charge in [-0.25, -0.2) is 9.97 Å². The fourth-order valence-electron chi connectivity index (χ4n) is 4.03. The van der Waals surface area contributed by atoms with Crippen molar-refractivity contribution in [1.29, 1.82) is 0 Å². The highest BCUT2D eigenvalue weighted by atomic mass is 32.2. The van der Waals surface area contributed by atoms with Crippen molar-refractivity contribution in [3.63, 3.8) is 0 Å². The molecule has 3 aromatic heterocycles. The first kappa shape index (κ1) is 22.8. The molecule has 6 nitrogen and oxygen atoms in total. The van der Waals surface area contributed by atoms with Crippen LogP contribution in [-0.2, 0) is 0 Å². The molecule has 1 atom stereocenters. The molecule has 0 spiro atoms. The molecule has 0 saturated carbocycles. The Bertz CT molecular complexity index is 1200. The average molecular weight is 490 g/mol. The van der Waals surface area contributed by atoms with Gasteiger partial charge in [-0.05, 0) is 69.1 Å². The summed E-state index contributed by atoms with van der Waals surface area (Å²) in [4.78, 5) is 15.0. The molecule has 4 heterocycles. The molecular weight excluding hydrogens is 462 g/mol. The summed E-state index contributed by atoms with van der Waals surface area (Å²) in [6.07, 6.45) is 6.08. The zero-order chi connectivity index (χ0) is 23.2. The Hall–Kier alpha value is -2.94. The molecule has 1 aliphatic rings. The van der Waals surface area contributed by atoms with Gasteiger partial charge in [0, 0.05) is 22.7 Å². The molecule has 1 saturated heterocycles. The number of piperidine rings is 1. The van der Waals surface area contributed by atoms with Gasteiger partial charge in [0.05, 0.1) is 16.6 Å². The lowest BCUT2D eigenvalue weighted by molar-refractivity contribution is 0.364. The van der Waals surface area contributed by atoms with Crippen LogP contribution in [-0.4, -0.2) is 28.0 Å². The van der Waals surface area contributed by atoms with Crippen LogP contribution in [0.2, 0.25) is 0 Å². The second-order valence-electron chi connectivity index (χ2n) is 8.23. The van der Waals surface area contributed by atoms with E-state index in [4.69, 9.17) is 14.7 Å². The Morgan fingerprint density at radius 1 is 1.09 bits per heavy atom. The van der Waals surface area contributed by atoms with E-state index in [9.17, 15) is 0 Å². The molecule has 0 amide bonds. The Morgan fingerprint density at radius 2 is 1.91 bits per heavy atom. The van der Waals surface area contributed by atoms with Crippen LogP contribution in [0.4, 0.5) is 10.9 Å². The SMILES string of the molecule is Cc1csc(Nc2ncc(SC(c3ccccn3)C3CCNCC3)cc2Oc2ccccc2)n1. The topological polar surface area (TPSA) is 72.0 Å². The number of nitrogens with one attached hydrogen (secondary N) is 2. The maximum atomic E-state index is 6.27. The van der Waals surface area contributed by atoms with Crippen LogP contribution >= 0.6 is 23.1 Å². The van der Waals surface area contributed by atoms with Crippen LogP contribution in [0, 0.1) is 12.8 Å². The molecule has 5 rings (SSSR count). The number of pyridine rings is 2. The lowest BCUT2D eigenvalue weighted by Gasteiger charge is -2.30. The monoisotopic (exact) mass is 489 g/mol. The molecule has 174 valence electrons. The number of nitrogens with zero attached hydrogens (tertiary/aromatic N) is 3. The highest BCUT2D eigenvalue weighted by molar-refractivity contribution is 7.99. The van der Waals surface area contributed by atoms with E-state index in [2.05, 4.69) is 33.8 Å². The third-order valence-corrected chi connectivity index (χ3v) is 7.95. The minimum Gasteiger partial charge on any atom is -0.453 e. The van der Waals surface area contributed by atoms with Crippen LogP contribution in [0.3, 0.4) is 0 Å². The van der Waals surface area contributed by atoms with Gasteiger partial charge >= 0.3 is 0 Å². The largest absolute Gasteiger partial charge is 0.453 e. The van der Waals surface area contributed by atoms with Crippen molar-refractivity contribution in [1.82, 2.24) is 20.3 Å². The van der Waals surface area contributed by atoms with Gasteiger partial charge in [0.15, 0.2) is 16.7 Å². The van der Waals surface area contributed by atoms with E-state index in [1.807, 2.05) is 72.9 Å². The first-order chi connectivity index (χ1) is 16.7. The fourth-order valence-corrected chi connectivity index (χ4v) is 6.02. The highest BCUT2D eigenvalue weighted by Crippen LogP contribution is 2.45. The summed E-state index contributed by atoms with van der Waals surface area (Å²) in [5, 5.41) is 9.88. The van der Waals surface area contributed by atoms with Crippen LogP contribution in [0.1, 0.15) is 29.5 Å². The minimum atomic E-state index is 0.259. The summed E-state index contributed by atoms with van der Waals surface area (Å²) in [5.41, 5.74) is 2.09. The Morgan fingerprint density at radius 3 is 2.65 bits per heavy atom. The molecule has 1 aromatic carbocycles. The Labute approximate surface area is 208 Å². The maximum Gasteiger partial charge on any atom is 0.188 e. The number of hydrogen-bond acceptors (Lipinski definition) is 8. The summed E-state index contributed by atoms with van der Waals surface area (Å²) in [6, 6.07) is 18.1. The van der Waals surface area contributed by atoms with Gasteiger partial charge in [-0.15, -0.1) is 23.1 Å². The van der Waals surface area contributed by atoms with E-state index in [1.54, 1.807) is 11.3 Å². The van der Waals surface area contributed by atoms with E-state index in [0.717, 1.165) is 53.1 Å². The lowest BCUT2D eigenvalue weighted by Crippen LogP contribution is -2.30. The molecule has 8 heteroatoms. The number of aromatic nitrogens is 3. The number of thiazole rings is 1. The molecular formula is C26H27N5OS2. The van der Waals surface area contributed by atoms with Crippen LogP contribution in [0.25, 0.3) is 0 Å². The summed E-state index contributed by atoms with van der Waals surface area (Å²) in [5.74, 6) is 2.65. The molecule has 34 heavy (non-hydrogen) atoms. The first-order valence-corrected chi connectivity index (χ1v) is 13.2. The Balaban J connectivity index is 1.45. The van der Waals surface area contributed by atoms with Gasteiger partial charge in [0.2, 0.25) is 0 Å². The molecule has 1 aliphatic heterocycles. The molecule has 1 fully saturated rings. The number of para-hydroxylation sites is 1. The van der Waals surface area contributed by atoms with Crippen molar-refractivity contribution in [2.24, 2.45) is 5.92 Å². The van der Waals surface area contributed by atoms with Gasteiger partial charge in [-0.1, -0.05) is 24.3 Å². The standard InChI is InChI=1S/C26H27N5OS2/c1-18-17-33-26(30-18)31-25-23(32-20-7-3-2-4-8-20)15-21(16-29-25)34-24(19-10-13-27-14-11-19)22-9-5-6-12-28-22/h2-9,12,15-17,19,24,27H,10-11,13-14H2,1H3,(H,29,30,31). The fraction of sp³-hybridized carbons (Fsp3) is 0.269. The lowest BCUT2D eigenvalue weighted by atomic mass is 9.92. The normalized spacial score (nSPS) is 15.1. The summed E-state index contributed by atoms with van der Waals surface area (Å²) in [7, 11) is 0. The van der Waals surface area contributed by atoms with E-state index in [1.165, 1.54) is 0 Å². The number of anilines is 2. The van der Waals surface area contributed by atoms with Crippen molar-refractivity contribution in [2.75, 3.05) is 18.4 Å². The van der Waals surface area contributed by atoms with E-state index >= 15 is 0 Å². The first-order valence-electron chi connectivity index (χ1n) is 11.4. The van der Waals surface area contributed by atoms with E-state index < -0.39 is 0 Å². The Kier molecular flexibility index (Phi) is 7.38. The summed E-state index contributed by atoms with van der Waals surface area (Å²) in [6.45, 7) is 4.07. The van der Waals surface area contributed by atoms with Crippen LogP contribution in [0.5, 0.6) is 11.5 Å². The average Bonchev–Trinajstić information content (AvgIpc) is 3.30. The number of rotatable bonds is 8. The number of aryl methyl sites for hydroxylation is 1. The third-order valence-electron chi connectivity index (χ3n) is 5.70. The van der Waals surface area contributed by atoms with Crippen molar-refractivity contribution in [3.05, 3.63) is 83.8 Å². The molecule has 2 N–H and O–H groups in total. The highest BCUT2D eigenvalue weighted by Gasteiger charge is 2.27. The van der Waals surface area contributed by atoms with E-state index in [-0.39, 0.29) is 5.25 Å². The minimum absolute atomic E-state index is 0.259. The van der Waals surface area contributed by atoms with Gasteiger partial charge in [0.1, 0.15) is 5.75 Å². The number of ether oxygens (including phenoxy) is 1. The summed E-state index contributed by atoms with van der Waals surface area (Å²) >= 11 is 3.37. The van der Waals surface area contributed by atoms with Crippen LogP contribution in [0.15, 0.2) is 77.3 Å². The quantitative estimate of drug-likeness (QED) is 0.270. The number of benzene rings is 1. The second-order valence-corrected chi connectivity index (χ2v) is 10.3. The van der Waals surface area contributed by atoms with Crippen molar-refractivity contribution >= 4 is 34.0 Å². The smallest absolute Gasteiger partial charge is 0.188 e. The third kappa shape index (κ3) is 5.75. The molecule has 0 radical (unpaired) electrons. The molecule has 1 unspecified atom stereocenters. The summed E-state index contributed by atoms with van der Waals surface area (Å²) < 4.78 is 6.27. The second kappa shape index (κ2) is 11.0. The van der Waals surface area contributed by atoms with Gasteiger partial charge in [0.25, 0.3) is 0 Å². The number of thioether (sulfide) groups is 1. The van der Waals surface area contributed by atoms with Crippen molar-refractivity contribution in [3.8, 4) is 11.5 Å². The predicted molar refractivity (Wildman–Crippen MR) is 139 cm³/mol. The predicted octanol–water partition coefficient (Wildman–Crippen LogP) is 6.61. The maximum absolute atomic E-state index is 6.27. The zero-order valence-corrected chi connectivity index (χ0v) is 20.6.